The third kappa shape index (κ3) is 4.04. The second kappa shape index (κ2) is 8.49. The van der Waals surface area contributed by atoms with Crippen LogP contribution in [0.3, 0.4) is 0 Å². The third-order valence-electron chi connectivity index (χ3n) is 5.97. The van der Waals surface area contributed by atoms with E-state index < -0.39 is 17.5 Å². The van der Waals surface area contributed by atoms with E-state index in [1.54, 1.807) is 23.1 Å². The van der Waals surface area contributed by atoms with E-state index >= 15 is 0 Å². The molecule has 7 heteroatoms. The van der Waals surface area contributed by atoms with Gasteiger partial charge in [-0.2, -0.15) is 0 Å². The molecule has 1 aliphatic carbocycles. The molecule has 0 radical (unpaired) electrons. The largest absolute Gasteiger partial charge is 0.334 e. The van der Waals surface area contributed by atoms with Gasteiger partial charge in [0.1, 0.15) is 17.9 Å². The summed E-state index contributed by atoms with van der Waals surface area (Å²) in [6, 6.07) is 14.9. The van der Waals surface area contributed by atoms with Crippen molar-refractivity contribution in [2.24, 2.45) is 0 Å². The Balaban J connectivity index is 1.55. The van der Waals surface area contributed by atoms with Crippen molar-refractivity contribution in [1.29, 1.82) is 0 Å². The van der Waals surface area contributed by atoms with Gasteiger partial charge in [0.15, 0.2) is 0 Å². The van der Waals surface area contributed by atoms with Crippen LogP contribution in [0.2, 0.25) is 0 Å². The Morgan fingerprint density at radius 3 is 2.45 bits per heavy atom. The van der Waals surface area contributed by atoms with E-state index in [1.165, 1.54) is 6.07 Å². The SMILES string of the molecule is CCC[C@]1(c2ccccc2)NC(=O)N(CC(=O)N(Cc2ccccc2F)C2CC2)C1=O. The summed E-state index contributed by atoms with van der Waals surface area (Å²) < 4.78 is 14.1. The highest BCUT2D eigenvalue weighted by atomic mass is 19.1. The molecule has 1 aliphatic heterocycles. The van der Waals surface area contributed by atoms with Crippen molar-refractivity contribution in [3.05, 3.63) is 71.5 Å². The van der Waals surface area contributed by atoms with Crippen molar-refractivity contribution < 1.29 is 18.8 Å². The maximum absolute atomic E-state index is 14.1. The number of nitrogens with zero attached hydrogens (tertiary/aromatic N) is 2. The molecule has 1 saturated heterocycles. The zero-order chi connectivity index (χ0) is 22.0. The molecule has 2 aromatic rings. The fraction of sp³-hybridized carbons (Fsp3) is 0.375. The molecule has 2 aromatic carbocycles. The van der Waals surface area contributed by atoms with E-state index in [1.807, 2.05) is 37.3 Å². The molecule has 0 unspecified atom stereocenters. The van der Waals surface area contributed by atoms with E-state index in [0.29, 0.717) is 24.0 Å². The lowest BCUT2D eigenvalue weighted by Gasteiger charge is -2.28. The monoisotopic (exact) mass is 423 g/mol. The van der Waals surface area contributed by atoms with Gasteiger partial charge in [-0.15, -0.1) is 0 Å². The molecule has 6 nitrogen and oxygen atoms in total. The molecule has 0 spiro atoms. The van der Waals surface area contributed by atoms with Crippen molar-refractivity contribution in [1.82, 2.24) is 15.1 Å². The van der Waals surface area contributed by atoms with Crippen LogP contribution in [0, 0.1) is 5.82 Å². The van der Waals surface area contributed by atoms with Crippen molar-refractivity contribution in [2.45, 2.75) is 50.7 Å². The van der Waals surface area contributed by atoms with E-state index in [2.05, 4.69) is 5.32 Å². The number of rotatable bonds is 8. The average Bonchev–Trinajstić information content (AvgIpc) is 3.58. The molecular weight excluding hydrogens is 397 g/mol. The molecule has 0 aromatic heterocycles. The van der Waals surface area contributed by atoms with Gasteiger partial charge in [0.05, 0.1) is 0 Å². The molecule has 2 aliphatic rings. The van der Waals surface area contributed by atoms with E-state index in [0.717, 1.165) is 17.7 Å². The van der Waals surface area contributed by atoms with Gasteiger partial charge >= 0.3 is 6.03 Å². The Morgan fingerprint density at radius 1 is 1.13 bits per heavy atom. The van der Waals surface area contributed by atoms with E-state index in [-0.39, 0.29) is 30.9 Å². The number of imide groups is 1. The Kier molecular flexibility index (Phi) is 5.76. The van der Waals surface area contributed by atoms with Crippen LogP contribution < -0.4 is 5.32 Å². The smallest absolute Gasteiger partial charge is 0.325 e. The van der Waals surface area contributed by atoms with Crippen LogP contribution in [0.25, 0.3) is 0 Å². The van der Waals surface area contributed by atoms with Gasteiger partial charge in [-0.25, -0.2) is 9.18 Å². The van der Waals surface area contributed by atoms with Crippen LogP contribution in [0.15, 0.2) is 54.6 Å². The Labute approximate surface area is 181 Å². The number of amides is 4. The highest BCUT2D eigenvalue weighted by Crippen LogP contribution is 2.34. The minimum atomic E-state index is -1.16. The van der Waals surface area contributed by atoms with E-state index in [9.17, 15) is 18.8 Å². The predicted molar refractivity (Wildman–Crippen MR) is 113 cm³/mol. The second-order valence-corrected chi connectivity index (χ2v) is 8.19. The molecular formula is C24H26FN3O3. The van der Waals surface area contributed by atoms with Crippen LogP contribution in [0.4, 0.5) is 9.18 Å². The molecule has 1 heterocycles. The first-order valence-corrected chi connectivity index (χ1v) is 10.7. The van der Waals surface area contributed by atoms with Crippen molar-refractivity contribution >= 4 is 17.8 Å². The number of urea groups is 1. The van der Waals surface area contributed by atoms with Crippen LogP contribution in [0.5, 0.6) is 0 Å². The quantitative estimate of drug-likeness (QED) is 0.660. The minimum Gasteiger partial charge on any atom is -0.334 e. The molecule has 0 bridgehead atoms. The summed E-state index contributed by atoms with van der Waals surface area (Å²) in [6.45, 7) is 1.72. The highest BCUT2D eigenvalue weighted by molar-refractivity contribution is 6.09. The van der Waals surface area contributed by atoms with Crippen molar-refractivity contribution in [3.8, 4) is 0 Å². The Morgan fingerprint density at radius 2 is 1.81 bits per heavy atom. The summed E-state index contributed by atoms with van der Waals surface area (Å²) in [5.41, 5.74) is -0.0383. The molecule has 1 atom stereocenters. The van der Waals surface area contributed by atoms with Crippen LogP contribution in [0.1, 0.15) is 43.7 Å². The zero-order valence-electron chi connectivity index (χ0n) is 17.5. The molecule has 4 amide bonds. The molecule has 162 valence electrons. The molecule has 4 rings (SSSR count). The second-order valence-electron chi connectivity index (χ2n) is 8.19. The zero-order valence-corrected chi connectivity index (χ0v) is 17.5. The van der Waals surface area contributed by atoms with E-state index in [4.69, 9.17) is 0 Å². The lowest BCUT2D eigenvalue weighted by Crippen LogP contribution is -2.46. The maximum Gasteiger partial charge on any atom is 0.325 e. The lowest BCUT2D eigenvalue weighted by atomic mass is 9.85. The summed E-state index contributed by atoms with van der Waals surface area (Å²) in [4.78, 5) is 41.9. The molecule has 1 saturated carbocycles. The first kappa shape index (κ1) is 21.0. The van der Waals surface area contributed by atoms with Crippen LogP contribution in [-0.4, -0.2) is 40.2 Å². The lowest BCUT2D eigenvalue weighted by molar-refractivity contribution is -0.140. The van der Waals surface area contributed by atoms with Crippen molar-refractivity contribution in [2.75, 3.05) is 6.54 Å². The topological polar surface area (TPSA) is 69.7 Å². The van der Waals surface area contributed by atoms with Gasteiger partial charge in [0.2, 0.25) is 5.91 Å². The number of carbonyl (C=O) groups excluding carboxylic acids is 3. The first-order valence-electron chi connectivity index (χ1n) is 10.7. The van der Waals surface area contributed by atoms with Gasteiger partial charge in [0, 0.05) is 18.2 Å². The van der Waals surface area contributed by atoms with Gasteiger partial charge in [-0.3, -0.25) is 14.5 Å². The summed E-state index contributed by atoms with van der Waals surface area (Å²) in [5, 5.41) is 2.84. The van der Waals surface area contributed by atoms with Crippen molar-refractivity contribution in [3.63, 3.8) is 0 Å². The number of nitrogens with one attached hydrogen (secondary N) is 1. The fourth-order valence-corrected chi connectivity index (χ4v) is 4.22. The number of benzene rings is 2. The van der Waals surface area contributed by atoms with Crippen LogP contribution in [-0.2, 0) is 21.7 Å². The third-order valence-corrected chi connectivity index (χ3v) is 5.97. The average molecular weight is 423 g/mol. The number of carbonyl (C=O) groups is 3. The summed E-state index contributed by atoms with van der Waals surface area (Å²) in [6.07, 6.45) is 2.80. The van der Waals surface area contributed by atoms with Gasteiger partial charge in [0.25, 0.3) is 5.91 Å². The number of hydrogen-bond acceptors (Lipinski definition) is 3. The standard InChI is InChI=1S/C24H26FN3O3/c1-2-14-24(18-9-4-3-5-10-18)22(30)28(23(31)26-24)16-21(29)27(19-12-13-19)15-17-8-6-7-11-20(17)25/h3-11,19H,2,12-16H2,1H3,(H,26,31)/t24-/m1/s1. The van der Waals surface area contributed by atoms with Gasteiger partial charge in [-0.1, -0.05) is 61.9 Å². The predicted octanol–water partition coefficient (Wildman–Crippen LogP) is 3.56. The van der Waals surface area contributed by atoms with Gasteiger partial charge < -0.3 is 10.2 Å². The number of halogens is 1. The Bertz CT molecular complexity index is 993. The fourth-order valence-electron chi connectivity index (χ4n) is 4.22. The normalized spacial score (nSPS) is 20.6. The summed E-state index contributed by atoms with van der Waals surface area (Å²) in [5.74, 6) is -1.14. The maximum atomic E-state index is 14.1. The van der Waals surface area contributed by atoms with Crippen LogP contribution >= 0.6 is 0 Å². The highest BCUT2D eigenvalue weighted by Gasteiger charge is 2.52. The molecule has 1 N–H and O–H groups in total. The minimum absolute atomic E-state index is 0.0161. The Hall–Kier alpha value is -3.22. The first-order chi connectivity index (χ1) is 15.0. The summed E-state index contributed by atoms with van der Waals surface area (Å²) in [7, 11) is 0. The number of hydrogen-bond donors (Lipinski definition) is 1. The summed E-state index contributed by atoms with van der Waals surface area (Å²) >= 11 is 0. The molecule has 31 heavy (non-hydrogen) atoms. The molecule has 2 fully saturated rings. The van der Waals surface area contributed by atoms with Gasteiger partial charge in [-0.05, 0) is 30.9 Å².